The van der Waals surface area contributed by atoms with E-state index in [2.05, 4.69) is 0 Å². The number of thioether (sulfide) groups is 1. The lowest BCUT2D eigenvalue weighted by atomic mass is 10.2. The van der Waals surface area contributed by atoms with Gasteiger partial charge in [0.25, 0.3) is 0 Å². The third-order valence-corrected chi connectivity index (χ3v) is 6.40. The van der Waals surface area contributed by atoms with Gasteiger partial charge >= 0.3 is 5.69 Å². The van der Waals surface area contributed by atoms with Crippen LogP contribution in [-0.2, 0) is 10.0 Å². The summed E-state index contributed by atoms with van der Waals surface area (Å²) in [5.41, 5.74) is 4.88. The molecule has 2 N–H and O–H groups in total. The van der Waals surface area contributed by atoms with E-state index in [4.69, 9.17) is 5.73 Å². The Morgan fingerprint density at radius 3 is 2.67 bits per heavy atom. The Bertz CT molecular complexity index is 673. The van der Waals surface area contributed by atoms with Crippen LogP contribution >= 0.6 is 11.8 Å². The lowest BCUT2D eigenvalue weighted by molar-refractivity contribution is -0.386. The first-order valence-corrected chi connectivity index (χ1v) is 8.75. The molecule has 0 spiro atoms. The number of hydrogen-bond donors (Lipinski definition) is 1. The minimum atomic E-state index is -3.93. The molecule has 1 saturated heterocycles. The molecule has 1 aromatic carbocycles. The Morgan fingerprint density at radius 1 is 1.43 bits per heavy atom. The number of para-hydroxylation sites is 1. The van der Waals surface area contributed by atoms with Gasteiger partial charge < -0.3 is 5.73 Å². The maximum Gasteiger partial charge on any atom is 0.312 e. The van der Waals surface area contributed by atoms with Crippen LogP contribution in [0, 0.1) is 10.1 Å². The molecule has 21 heavy (non-hydrogen) atoms. The van der Waals surface area contributed by atoms with Gasteiger partial charge in [-0.3, -0.25) is 10.1 Å². The lowest BCUT2D eigenvalue weighted by Crippen LogP contribution is -2.46. The van der Waals surface area contributed by atoms with Crippen molar-refractivity contribution in [2.24, 2.45) is 0 Å². The van der Waals surface area contributed by atoms with Gasteiger partial charge in [-0.2, -0.15) is 16.1 Å². The lowest BCUT2D eigenvalue weighted by Gasteiger charge is -2.36. The summed E-state index contributed by atoms with van der Waals surface area (Å²) in [4.78, 5) is 10.1. The second-order valence-electron chi connectivity index (χ2n) is 5.40. The Labute approximate surface area is 127 Å². The summed E-state index contributed by atoms with van der Waals surface area (Å²) < 4.78 is 26.5. The molecule has 9 heteroatoms. The predicted octanol–water partition coefficient (Wildman–Crippen LogP) is 1.69. The molecule has 0 bridgehead atoms. The van der Waals surface area contributed by atoms with Crippen molar-refractivity contribution < 1.29 is 13.3 Å². The van der Waals surface area contributed by atoms with E-state index in [9.17, 15) is 18.5 Å². The third kappa shape index (κ3) is 3.14. The summed E-state index contributed by atoms with van der Waals surface area (Å²) in [6.07, 6.45) is 0. The number of nitrogen functional groups attached to an aromatic ring is 1. The highest BCUT2D eigenvalue weighted by molar-refractivity contribution is 8.00. The molecule has 0 radical (unpaired) electrons. The van der Waals surface area contributed by atoms with Crippen LogP contribution in [0.2, 0.25) is 0 Å². The van der Waals surface area contributed by atoms with Crippen LogP contribution in [0.1, 0.15) is 13.8 Å². The zero-order valence-corrected chi connectivity index (χ0v) is 13.4. The van der Waals surface area contributed by atoms with Crippen LogP contribution in [0.4, 0.5) is 11.4 Å². The molecule has 0 unspecified atom stereocenters. The van der Waals surface area contributed by atoms with Gasteiger partial charge in [0.15, 0.2) is 4.90 Å². The molecule has 0 amide bonds. The second-order valence-corrected chi connectivity index (χ2v) is 9.11. The number of nitrogens with zero attached hydrogens (tertiary/aromatic N) is 2. The maximum atomic E-state index is 12.7. The van der Waals surface area contributed by atoms with Gasteiger partial charge in [0, 0.05) is 23.6 Å². The van der Waals surface area contributed by atoms with E-state index in [0.29, 0.717) is 18.8 Å². The number of nitrogens with two attached hydrogens (primary N) is 1. The van der Waals surface area contributed by atoms with Crippen LogP contribution in [0.25, 0.3) is 0 Å². The maximum absolute atomic E-state index is 12.7. The molecule has 0 saturated carbocycles. The van der Waals surface area contributed by atoms with Crippen LogP contribution in [0.3, 0.4) is 0 Å². The molecule has 1 heterocycles. The molecule has 0 aromatic heterocycles. The monoisotopic (exact) mass is 331 g/mol. The number of nitro groups is 1. The summed E-state index contributed by atoms with van der Waals surface area (Å²) in [5, 5.41) is 11.1. The molecule has 1 aliphatic rings. The molecule has 2 rings (SSSR count). The molecule has 0 aliphatic carbocycles. The van der Waals surface area contributed by atoms with Crippen molar-refractivity contribution in [3.05, 3.63) is 28.3 Å². The summed E-state index contributed by atoms with van der Waals surface area (Å²) in [6, 6.07) is 3.98. The third-order valence-electron chi connectivity index (χ3n) is 3.22. The van der Waals surface area contributed by atoms with Gasteiger partial charge in [-0.1, -0.05) is 6.07 Å². The number of sulfonamides is 1. The van der Waals surface area contributed by atoms with Crippen molar-refractivity contribution >= 4 is 33.2 Å². The van der Waals surface area contributed by atoms with Gasteiger partial charge in [-0.25, -0.2) is 8.42 Å². The minimum absolute atomic E-state index is 0.147. The summed E-state index contributed by atoms with van der Waals surface area (Å²) in [5.74, 6) is 0.655. The van der Waals surface area contributed by atoms with Gasteiger partial charge in [-0.05, 0) is 26.0 Å². The first-order valence-electron chi connectivity index (χ1n) is 6.32. The van der Waals surface area contributed by atoms with Crippen molar-refractivity contribution in [2.45, 2.75) is 23.5 Å². The fourth-order valence-electron chi connectivity index (χ4n) is 2.26. The quantitative estimate of drug-likeness (QED) is 0.513. The molecule has 116 valence electrons. The fraction of sp³-hybridized carbons (Fsp3) is 0.500. The van der Waals surface area contributed by atoms with E-state index in [1.165, 1.54) is 22.5 Å². The first kappa shape index (κ1) is 16.1. The fourth-order valence-corrected chi connectivity index (χ4v) is 5.36. The average molecular weight is 331 g/mol. The van der Waals surface area contributed by atoms with Crippen LogP contribution < -0.4 is 5.73 Å². The summed E-state index contributed by atoms with van der Waals surface area (Å²) in [7, 11) is -3.93. The highest BCUT2D eigenvalue weighted by Crippen LogP contribution is 2.36. The Morgan fingerprint density at radius 2 is 2.10 bits per heavy atom. The van der Waals surface area contributed by atoms with Crippen LogP contribution in [-0.4, -0.2) is 41.2 Å². The predicted molar refractivity (Wildman–Crippen MR) is 82.8 cm³/mol. The molecule has 7 nitrogen and oxygen atoms in total. The van der Waals surface area contributed by atoms with Gasteiger partial charge in [0.05, 0.1) is 4.92 Å². The normalized spacial score (nSPS) is 19.3. The Kier molecular flexibility index (Phi) is 4.18. The SMILES string of the molecule is CC1(C)CN(S(=O)(=O)c2cccc(N)c2[N+](=O)[O-])CCS1. The van der Waals surface area contributed by atoms with E-state index >= 15 is 0 Å². The Balaban J connectivity index is 2.50. The van der Waals surface area contributed by atoms with Gasteiger partial charge in [0.1, 0.15) is 5.69 Å². The molecular formula is C12H17N3O4S2. The number of hydrogen-bond acceptors (Lipinski definition) is 6. The molecular weight excluding hydrogens is 314 g/mol. The first-order chi connectivity index (χ1) is 9.65. The topological polar surface area (TPSA) is 107 Å². The van der Waals surface area contributed by atoms with Crippen molar-refractivity contribution in [3.63, 3.8) is 0 Å². The standard InChI is InChI=1S/C12H17N3O4S2/c1-12(2)8-14(6-7-20-12)21(18,19)10-5-3-4-9(13)11(10)15(16)17/h3-5H,6-8,13H2,1-2H3. The Hall–Kier alpha value is -1.32. The van der Waals surface area contributed by atoms with E-state index in [-0.39, 0.29) is 15.3 Å². The molecule has 0 atom stereocenters. The number of anilines is 1. The zero-order valence-electron chi connectivity index (χ0n) is 11.8. The largest absolute Gasteiger partial charge is 0.393 e. The number of nitro benzene ring substituents is 1. The summed E-state index contributed by atoms with van der Waals surface area (Å²) >= 11 is 1.68. The average Bonchev–Trinajstić information content (AvgIpc) is 2.36. The van der Waals surface area contributed by atoms with E-state index in [1.54, 1.807) is 11.8 Å². The zero-order chi connectivity index (χ0) is 15.8. The van der Waals surface area contributed by atoms with Crippen LogP contribution in [0.5, 0.6) is 0 Å². The van der Waals surface area contributed by atoms with E-state index < -0.39 is 20.6 Å². The highest BCUT2D eigenvalue weighted by Gasteiger charge is 2.38. The summed E-state index contributed by atoms with van der Waals surface area (Å²) in [6.45, 7) is 4.55. The second kappa shape index (κ2) is 5.47. The van der Waals surface area contributed by atoms with Gasteiger partial charge in [-0.15, -0.1) is 0 Å². The van der Waals surface area contributed by atoms with Gasteiger partial charge in [0.2, 0.25) is 10.0 Å². The van der Waals surface area contributed by atoms with Crippen LogP contribution in [0.15, 0.2) is 23.1 Å². The van der Waals surface area contributed by atoms with E-state index in [0.717, 1.165) is 0 Å². The number of benzene rings is 1. The number of rotatable bonds is 3. The van der Waals surface area contributed by atoms with Crippen molar-refractivity contribution in [2.75, 3.05) is 24.6 Å². The van der Waals surface area contributed by atoms with Crippen molar-refractivity contribution in [1.29, 1.82) is 0 Å². The van der Waals surface area contributed by atoms with Crippen molar-refractivity contribution in [3.8, 4) is 0 Å². The smallest absolute Gasteiger partial charge is 0.312 e. The van der Waals surface area contributed by atoms with E-state index in [1.807, 2.05) is 13.8 Å². The highest BCUT2D eigenvalue weighted by atomic mass is 32.2. The molecule has 1 aromatic rings. The van der Waals surface area contributed by atoms with Crippen molar-refractivity contribution in [1.82, 2.24) is 4.31 Å². The molecule has 1 aliphatic heterocycles. The minimum Gasteiger partial charge on any atom is -0.393 e. The molecule has 1 fully saturated rings.